The van der Waals surface area contributed by atoms with E-state index in [1.54, 1.807) is 12.1 Å². The maximum absolute atomic E-state index is 13.0. The van der Waals surface area contributed by atoms with Crippen LogP contribution in [0.15, 0.2) is 18.2 Å². The average molecular weight is 179 g/mol. The molecule has 0 heterocycles. The molecule has 1 rings (SSSR count). The molecule has 0 aromatic heterocycles. The van der Waals surface area contributed by atoms with E-state index in [2.05, 4.69) is 0 Å². The Kier molecular flexibility index (Phi) is 2.86. The maximum Gasteiger partial charge on any atom is 0.144 e. The summed E-state index contributed by atoms with van der Waals surface area (Å²) in [4.78, 5) is 0. The second-order valence-electron chi connectivity index (χ2n) is 2.89. The van der Waals surface area contributed by atoms with Crippen molar-refractivity contribution in [3.63, 3.8) is 0 Å². The Morgan fingerprint density at radius 3 is 2.69 bits per heavy atom. The molecule has 0 spiro atoms. The quantitative estimate of drug-likeness (QED) is 0.698. The van der Waals surface area contributed by atoms with Crippen molar-refractivity contribution in [1.29, 1.82) is 5.26 Å². The summed E-state index contributed by atoms with van der Waals surface area (Å²) in [6.07, 6.45) is -0.0612. The van der Waals surface area contributed by atoms with Gasteiger partial charge < -0.3 is 4.74 Å². The first-order chi connectivity index (χ1) is 6.15. The van der Waals surface area contributed by atoms with Gasteiger partial charge in [0.2, 0.25) is 0 Å². The first kappa shape index (κ1) is 9.53. The van der Waals surface area contributed by atoms with E-state index in [-0.39, 0.29) is 11.7 Å². The first-order valence-corrected chi connectivity index (χ1v) is 4.00. The van der Waals surface area contributed by atoms with Gasteiger partial charge in [-0.2, -0.15) is 5.26 Å². The highest BCUT2D eigenvalue weighted by molar-refractivity contribution is 5.43. The van der Waals surface area contributed by atoms with Crippen LogP contribution in [-0.2, 0) is 0 Å². The van der Waals surface area contributed by atoms with Crippen molar-refractivity contribution < 1.29 is 9.13 Å². The molecule has 2 nitrogen and oxygen atoms in total. The molecule has 0 N–H and O–H groups in total. The number of hydrogen-bond donors (Lipinski definition) is 0. The summed E-state index contributed by atoms with van der Waals surface area (Å²) in [5.41, 5.74) is -0.0313. The summed E-state index contributed by atoms with van der Waals surface area (Å²) in [7, 11) is 0. The third-order valence-corrected chi connectivity index (χ3v) is 1.45. The fraction of sp³-hybridized carbons (Fsp3) is 0.300. The Morgan fingerprint density at radius 1 is 1.46 bits per heavy atom. The van der Waals surface area contributed by atoms with E-state index in [9.17, 15) is 4.39 Å². The van der Waals surface area contributed by atoms with Crippen molar-refractivity contribution in [1.82, 2.24) is 0 Å². The minimum atomic E-state index is -0.541. The number of ether oxygens (including phenoxy) is 1. The number of rotatable bonds is 2. The van der Waals surface area contributed by atoms with Crippen LogP contribution in [0.3, 0.4) is 0 Å². The largest absolute Gasteiger partial charge is 0.490 e. The minimum absolute atomic E-state index is 0.0313. The molecule has 1 aromatic carbocycles. The van der Waals surface area contributed by atoms with E-state index in [0.29, 0.717) is 5.75 Å². The minimum Gasteiger partial charge on any atom is -0.490 e. The van der Waals surface area contributed by atoms with Gasteiger partial charge in [-0.05, 0) is 26.0 Å². The van der Waals surface area contributed by atoms with Crippen molar-refractivity contribution in [3.05, 3.63) is 29.6 Å². The molecule has 3 heteroatoms. The van der Waals surface area contributed by atoms with Crippen LogP contribution in [0.5, 0.6) is 5.75 Å². The molecule has 0 unspecified atom stereocenters. The van der Waals surface area contributed by atoms with Gasteiger partial charge in [0.15, 0.2) is 0 Å². The molecule has 0 atom stereocenters. The third kappa shape index (κ3) is 2.19. The summed E-state index contributed by atoms with van der Waals surface area (Å²) >= 11 is 0. The number of halogens is 1. The van der Waals surface area contributed by atoms with Gasteiger partial charge in [0, 0.05) is 0 Å². The zero-order valence-corrected chi connectivity index (χ0v) is 7.54. The Hall–Kier alpha value is -1.56. The topological polar surface area (TPSA) is 33.0 Å². The molecule has 0 saturated carbocycles. The number of benzene rings is 1. The Bertz CT molecular complexity index is 341. The average Bonchev–Trinajstić information content (AvgIpc) is 2.03. The van der Waals surface area contributed by atoms with Crippen LogP contribution in [0, 0.1) is 17.1 Å². The van der Waals surface area contributed by atoms with E-state index in [1.807, 2.05) is 13.8 Å². The fourth-order valence-electron chi connectivity index (χ4n) is 0.965. The van der Waals surface area contributed by atoms with Gasteiger partial charge in [-0.1, -0.05) is 6.07 Å². The second kappa shape index (κ2) is 3.90. The van der Waals surface area contributed by atoms with Crippen molar-refractivity contribution in [3.8, 4) is 11.8 Å². The molecule has 0 aliphatic rings. The maximum atomic E-state index is 13.0. The summed E-state index contributed by atoms with van der Waals surface area (Å²) < 4.78 is 18.3. The van der Waals surface area contributed by atoms with Crippen LogP contribution in [0.1, 0.15) is 19.4 Å². The van der Waals surface area contributed by atoms with E-state index in [4.69, 9.17) is 10.00 Å². The molecule has 1 aromatic rings. The van der Waals surface area contributed by atoms with E-state index in [0.717, 1.165) is 0 Å². The number of nitrogens with zero attached hydrogens (tertiary/aromatic N) is 1. The highest BCUT2D eigenvalue weighted by Crippen LogP contribution is 2.21. The summed E-state index contributed by atoms with van der Waals surface area (Å²) in [5, 5.41) is 8.64. The lowest BCUT2D eigenvalue weighted by atomic mass is 10.2. The smallest absolute Gasteiger partial charge is 0.144 e. The van der Waals surface area contributed by atoms with Crippen LogP contribution in [0.2, 0.25) is 0 Å². The van der Waals surface area contributed by atoms with Crippen molar-refractivity contribution in [2.24, 2.45) is 0 Å². The zero-order chi connectivity index (χ0) is 9.84. The van der Waals surface area contributed by atoms with Crippen molar-refractivity contribution >= 4 is 0 Å². The highest BCUT2D eigenvalue weighted by atomic mass is 19.1. The normalized spacial score (nSPS) is 9.77. The molecule has 13 heavy (non-hydrogen) atoms. The molecule has 0 radical (unpaired) electrons. The first-order valence-electron chi connectivity index (χ1n) is 4.00. The lowest BCUT2D eigenvalue weighted by Gasteiger charge is -2.10. The van der Waals surface area contributed by atoms with E-state index >= 15 is 0 Å². The predicted octanol–water partition coefficient (Wildman–Crippen LogP) is 2.48. The van der Waals surface area contributed by atoms with E-state index < -0.39 is 5.82 Å². The Balaban J connectivity index is 3.07. The van der Waals surface area contributed by atoms with Crippen LogP contribution in [0.25, 0.3) is 0 Å². The summed E-state index contributed by atoms with van der Waals surface area (Å²) in [5.74, 6) is -0.238. The number of hydrogen-bond acceptors (Lipinski definition) is 2. The van der Waals surface area contributed by atoms with E-state index in [1.165, 1.54) is 12.1 Å². The van der Waals surface area contributed by atoms with Crippen LogP contribution in [-0.4, -0.2) is 6.10 Å². The summed E-state index contributed by atoms with van der Waals surface area (Å²) in [6.45, 7) is 3.65. The van der Waals surface area contributed by atoms with Crippen molar-refractivity contribution in [2.75, 3.05) is 0 Å². The lowest BCUT2D eigenvalue weighted by molar-refractivity contribution is 0.240. The molecule has 68 valence electrons. The molecule has 0 aliphatic carbocycles. The van der Waals surface area contributed by atoms with Gasteiger partial charge in [0.05, 0.1) is 6.10 Å². The lowest BCUT2D eigenvalue weighted by Crippen LogP contribution is -2.07. The third-order valence-electron chi connectivity index (χ3n) is 1.45. The standard InChI is InChI=1S/C10H10FNO/c1-7(2)13-10-5-3-4-9(11)8(10)6-12/h3-5,7H,1-2H3. The second-order valence-corrected chi connectivity index (χ2v) is 2.89. The van der Waals surface area contributed by atoms with Gasteiger partial charge in [0.25, 0.3) is 0 Å². The Morgan fingerprint density at radius 2 is 2.15 bits per heavy atom. The van der Waals surface area contributed by atoms with Crippen molar-refractivity contribution in [2.45, 2.75) is 20.0 Å². The van der Waals surface area contributed by atoms with Gasteiger partial charge in [0.1, 0.15) is 23.2 Å². The highest BCUT2D eigenvalue weighted by Gasteiger charge is 2.09. The molecule has 0 bridgehead atoms. The van der Waals surface area contributed by atoms with Crippen LogP contribution < -0.4 is 4.74 Å². The van der Waals surface area contributed by atoms with Gasteiger partial charge in [-0.3, -0.25) is 0 Å². The molecule has 0 aliphatic heterocycles. The molecule has 0 amide bonds. The van der Waals surface area contributed by atoms with Gasteiger partial charge in [-0.15, -0.1) is 0 Å². The Labute approximate surface area is 76.6 Å². The predicted molar refractivity (Wildman–Crippen MR) is 46.9 cm³/mol. The summed E-state index contributed by atoms with van der Waals surface area (Å²) in [6, 6.07) is 6.12. The molecular formula is C10H10FNO. The SMILES string of the molecule is CC(C)Oc1cccc(F)c1C#N. The zero-order valence-electron chi connectivity index (χ0n) is 7.54. The fourth-order valence-corrected chi connectivity index (χ4v) is 0.965. The molecule has 0 saturated heterocycles. The molecular weight excluding hydrogens is 169 g/mol. The van der Waals surface area contributed by atoms with Crippen LogP contribution in [0.4, 0.5) is 4.39 Å². The monoisotopic (exact) mass is 179 g/mol. The van der Waals surface area contributed by atoms with Gasteiger partial charge >= 0.3 is 0 Å². The number of nitriles is 1. The molecule has 0 fully saturated rings. The van der Waals surface area contributed by atoms with Gasteiger partial charge in [-0.25, -0.2) is 4.39 Å². The van der Waals surface area contributed by atoms with Crippen LogP contribution >= 0.6 is 0 Å².